The summed E-state index contributed by atoms with van der Waals surface area (Å²) in [6, 6.07) is 5.76. The molecule has 0 aromatic heterocycles. The molecule has 0 unspecified atom stereocenters. The minimum atomic E-state index is -3.58. The van der Waals surface area contributed by atoms with Crippen molar-refractivity contribution in [3.05, 3.63) is 29.3 Å². The number of carbonyl (C=O) groups is 2. The molecule has 1 aromatic rings. The number of hydrogen-bond acceptors (Lipinski definition) is 4. The van der Waals surface area contributed by atoms with E-state index in [2.05, 4.69) is 0 Å². The fraction of sp³-hybridized carbons (Fsp3) is 0.652. The van der Waals surface area contributed by atoms with Gasteiger partial charge in [0, 0.05) is 51.6 Å². The summed E-state index contributed by atoms with van der Waals surface area (Å²) in [7, 11) is -3.58. The lowest BCUT2D eigenvalue weighted by atomic mass is 10.1. The fourth-order valence-corrected chi connectivity index (χ4v) is 6.40. The van der Waals surface area contributed by atoms with E-state index in [4.69, 9.17) is 0 Å². The van der Waals surface area contributed by atoms with Crippen LogP contribution in [-0.4, -0.2) is 73.1 Å². The Morgan fingerprint density at radius 1 is 1.03 bits per heavy atom. The van der Waals surface area contributed by atoms with Crippen LogP contribution < -0.4 is 0 Å². The second-order valence-electron chi connectivity index (χ2n) is 8.67. The van der Waals surface area contributed by atoms with Crippen molar-refractivity contribution in [2.24, 2.45) is 0 Å². The molecule has 1 aliphatic heterocycles. The first kappa shape index (κ1) is 23.7. The van der Waals surface area contributed by atoms with Crippen LogP contribution in [0.4, 0.5) is 0 Å². The molecule has 2 fully saturated rings. The summed E-state index contributed by atoms with van der Waals surface area (Å²) in [5.41, 5.74) is 1.63. The highest BCUT2D eigenvalue weighted by molar-refractivity contribution is 7.89. The quantitative estimate of drug-likeness (QED) is 0.641. The molecule has 2 amide bonds. The molecule has 0 bridgehead atoms. The van der Waals surface area contributed by atoms with E-state index < -0.39 is 10.0 Å². The molecule has 1 heterocycles. The molecule has 31 heavy (non-hydrogen) atoms. The lowest BCUT2D eigenvalue weighted by Crippen LogP contribution is -2.50. The van der Waals surface area contributed by atoms with Crippen LogP contribution in [0.2, 0.25) is 0 Å². The summed E-state index contributed by atoms with van der Waals surface area (Å²) in [4.78, 5) is 29.2. The Morgan fingerprint density at radius 3 is 2.29 bits per heavy atom. The third-order valence-electron chi connectivity index (χ3n) is 6.53. The Balaban J connectivity index is 1.52. The van der Waals surface area contributed by atoms with Gasteiger partial charge in [-0.3, -0.25) is 9.59 Å². The first-order valence-electron chi connectivity index (χ1n) is 11.4. The number of carbonyl (C=O) groups excluding carboxylic acids is 2. The van der Waals surface area contributed by atoms with Crippen LogP contribution in [0, 0.1) is 13.8 Å². The highest BCUT2D eigenvalue weighted by Gasteiger charge is 2.31. The predicted molar refractivity (Wildman–Crippen MR) is 120 cm³/mol. The van der Waals surface area contributed by atoms with Gasteiger partial charge in [0.2, 0.25) is 21.8 Å². The molecular formula is C23H35N3O4S. The van der Waals surface area contributed by atoms with Crippen LogP contribution in [0.5, 0.6) is 0 Å². The van der Waals surface area contributed by atoms with Crippen molar-refractivity contribution in [3.63, 3.8) is 0 Å². The maximum Gasteiger partial charge on any atom is 0.243 e. The van der Waals surface area contributed by atoms with Gasteiger partial charge in [-0.15, -0.1) is 0 Å². The Kier molecular flexibility index (Phi) is 7.75. The number of piperazine rings is 1. The SMILES string of the molecule is CCN(C(=O)CCC(=O)N1CCN(S(=O)(=O)c2cc(C)ccc2C)CC1)C1CCCC1. The van der Waals surface area contributed by atoms with Crippen LogP contribution in [0.3, 0.4) is 0 Å². The molecule has 3 rings (SSSR count). The van der Waals surface area contributed by atoms with Crippen LogP contribution >= 0.6 is 0 Å². The Hall–Kier alpha value is -1.93. The van der Waals surface area contributed by atoms with Crippen molar-refractivity contribution in [3.8, 4) is 0 Å². The zero-order valence-corrected chi connectivity index (χ0v) is 19.8. The summed E-state index contributed by atoms with van der Waals surface area (Å²) in [5.74, 6) is -0.0153. The van der Waals surface area contributed by atoms with Gasteiger partial charge >= 0.3 is 0 Å². The maximum absolute atomic E-state index is 13.1. The van der Waals surface area contributed by atoms with Crippen molar-refractivity contribution in [2.75, 3.05) is 32.7 Å². The highest BCUT2D eigenvalue weighted by Crippen LogP contribution is 2.25. The largest absolute Gasteiger partial charge is 0.340 e. The van der Waals surface area contributed by atoms with Crippen LogP contribution in [0.25, 0.3) is 0 Å². The van der Waals surface area contributed by atoms with Gasteiger partial charge in [-0.25, -0.2) is 8.42 Å². The van der Waals surface area contributed by atoms with Gasteiger partial charge in [0.05, 0.1) is 4.90 Å². The van der Waals surface area contributed by atoms with E-state index >= 15 is 0 Å². The summed E-state index contributed by atoms with van der Waals surface area (Å²) in [6.45, 7) is 7.63. The second-order valence-corrected chi connectivity index (χ2v) is 10.6. The number of nitrogens with zero attached hydrogens (tertiary/aromatic N) is 3. The first-order valence-corrected chi connectivity index (χ1v) is 12.8. The topological polar surface area (TPSA) is 78.0 Å². The van der Waals surface area contributed by atoms with Gasteiger partial charge in [0.15, 0.2) is 0 Å². The van der Waals surface area contributed by atoms with Crippen molar-refractivity contribution < 1.29 is 18.0 Å². The smallest absolute Gasteiger partial charge is 0.243 e. The molecule has 0 radical (unpaired) electrons. The molecule has 1 saturated heterocycles. The minimum absolute atomic E-state index is 0.0545. The normalized spacial score (nSPS) is 18.4. The van der Waals surface area contributed by atoms with E-state index in [9.17, 15) is 18.0 Å². The first-order chi connectivity index (χ1) is 14.7. The summed E-state index contributed by atoms with van der Waals surface area (Å²) < 4.78 is 27.6. The summed E-state index contributed by atoms with van der Waals surface area (Å²) in [5, 5.41) is 0. The average molecular weight is 450 g/mol. The highest BCUT2D eigenvalue weighted by atomic mass is 32.2. The third kappa shape index (κ3) is 5.47. The van der Waals surface area contributed by atoms with Crippen LogP contribution in [0.1, 0.15) is 56.6 Å². The van der Waals surface area contributed by atoms with E-state index in [-0.39, 0.29) is 37.7 Å². The van der Waals surface area contributed by atoms with Gasteiger partial charge in [0.1, 0.15) is 0 Å². The van der Waals surface area contributed by atoms with Crippen molar-refractivity contribution >= 4 is 21.8 Å². The third-order valence-corrected chi connectivity index (χ3v) is 8.57. The summed E-state index contributed by atoms with van der Waals surface area (Å²) in [6.07, 6.45) is 4.87. The molecule has 1 aromatic carbocycles. The number of amides is 2. The molecule has 7 nitrogen and oxygen atoms in total. The van der Waals surface area contributed by atoms with Crippen molar-refractivity contribution in [1.29, 1.82) is 0 Å². The zero-order chi connectivity index (χ0) is 22.6. The standard InChI is InChI=1S/C23H35N3O4S/c1-4-26(20-7-5-6-8-20)23(28)12-11-22(27)24-13-15-25(16-14-24)31(29,30)21-17-18(2)9-10-19(21)3/h9-10,17,20H,4-8,11-16H2,1-3H3. The van der Waals surface area contributed by atoms with E-state index in [1.807, 2.05) is 30.9 Å². The molecule has 2 aliphatic rings. The number of rotatable bonds is 7. The Labute approximate surface area is 186 Å². The van der Waals surface area contributed by atoms with Gasteiger partial charge in [0.25, 0.3) is 0 Å². The van der Waals surface area contributed by atoms with Gasteiger partial charge in [-0.05, 0) is 50.8 Å². The zero-order valence-electron chi connectivity index (χ0n) is 19.0. The molecular weight excluding hydrogens is 414 g/mol. The van der Waals surface area contributed by atoms with E-state index in [1.165, 1.54) is 17.1 Å². The lowest BCUT2D eigenvalue weighted by Gasteiger charge is -2.34. The molecule has 0 atom stereocenters. The Bertz CT molecular complexity index is 901. The van der Waals surface area contributed by atoms with Crippen LogP contribution in [-0.2, 0) is 19.6 Å². The monoisotopic (exact) mass is 449 g/mol. The van der Waals surface area contributed by atoms with E-state index in [0.29, 0.717) is 30.6 Å². The predicted octanol–water partition coefficient (Wildman–Crippen LogP) is 2.71. The van der Waals surface area contributed by atoms with Gasteiger partial charge < -0.3 is 9.80 Å². The molecule has 0 N–H and O–H groups in total. The van der Waals surface area contributed by atoms with Crippen LogP contribution in [0.15, 0.2) is 23.1 Å². The lowest BCUT2D eigenvalue weighted by molar-refractivity contribution is -0.138. The van der Waals surface area contributed by atoms with Crippen molar-refractivity contribution in [1.82, 2.24) is 14.1 Å². The van der Waals surface area contributed by atoms with E-state index in [0.717, 1.165) is 24.0 Å². The van der Waals surface area contributed by atoms with E-state index in [1.54, 1.807) is 17.9 Å². The number of benzene rings is 1. The molecule has 1 saturated carbocycles. The molecule has 172 valence electrons. The molecule has 1 aliphatic carbocycles. The van der Waals surface area contributed by atoms with Gasteiger partial charge in [-0.2, -0.15) is 4.31 Å². The molecule has 0 spiro atoms. The van der Waals surface area contributed by atoms with Crippen molar-refractivity contribution in [2.45, 2.75) is 70.2 Å². The maximum atomic E-state index is 13.1. The molecule has 8 heteroatoms. The fourth-order valence-electron chi connectivity index (χ4n) is 4.67. The number of aryl methyl sites for hydroxylation is 2. The average Bonchev–Trinajstić information content (AvgIpc) is 3.28. The number of hydrogen-bond donors (Lipinski definition) is 0. The minimum Gasteiger partial charge on any atom is -0.340 e. The Morgan fingerprint density at radius 2 is 1.68 bits per heavy atom. The second kappa shape index (κ2) is 10.1. The number of sulfonamides is 1. The summed E-state index contributed by atoms with van der Waals surface area (Å²) >= 11 is 0. The van der Waals surface area contributed by atoms with Gasteiger partial charge in [-0.1, -0.05) is 25.0 Å².